The molecule has 6 heteroatoms. The standard InChI is InChI=1S/C29H39N3O3/c1-22(2)18-31(19-25(33)21-34-26-15-8-5-9-16-26)20-27-28(24-13-6-4-7-14-24)30-35-29(27)32-17-11-10-12-23(32)3/h4-9,13-16,22-23,25,33H,10-12,17-21H2,1-3H3. The lowest BCUT2D eigenvalue weighted by molar-refractivity contribution is 0.0615. The van der Waals surface area contributed by atoms with Crippen molar-refractivity contribution in [3.8, 4) is 17.0 Å². The average Bonchev–Trinajstić information content (AvgIpc) is 3.27. The summed E-state index contributed by atoms with van der Waals surface area (Å²) in [6.07, 6.45) is 2.97. The highest BCUT2D eigenvalue weighted by atomic mass is 16.5. The van der Waals surface area contributed by atoms with Gasteiger partial charge in [0.1, 0.15) is 24.2 Å². The van der Waals surface area contributed by atoms with Crippen LogP contribution in [0.5, 0.6) is 5.75 Å². The molecule has 0 amide bonds. The lowest BCUT2D eigenvalue weighted by Crippen LogP contribution is -2.40. The van der Waals surface area contributed by atoms with E-state index in [-0.39, 0.29) is 6.61 Å². The summed E-state index contributed by atoms with van der Waals surface area (Å²) in [6.45, 7) is 9.95. The molecular weight excluding hydrogens is 438 g/mol. The van der Waals surface area contributed by atoms with E-state index >= 15 is 0 Å². The summed E-state index contributed by atoms with van der Waals surface area (Å²) in [5, 5.41) is 15.4. The van der Waals surface area contributed by atoms with Crippen LogP contribution in [0.3, 0.4) is 0 Å². The molecule has 0 radical (unpaired) electrons. The largest absolute Gasteiger partial charge is 0.491 e. The number of anilines is 1. The highest BCUT2D eigenvalue weighted by Gasteiger charge is 2.29. The first-order valence-corrected chi connectivity index (χ1v) is 12.9. The third-order valence-electron chi connectivity index (χ3n) is 6.54. The van der Waals surface area contributed by atoms with E-state index in [4.69, 9.17) is 9.26 Å². The van der Waals surface area contributed by atoms with Crippen LogP contribution >= 0.6 is 0 Å². The van der Waals surface area contributed by atoms with E-state index in [9.17, 15) is 5.11 Å². The van der Waals surface area contributed by atoms with Crippen molar-refractivity contribution in [1.82, 2.24) is 10.1 Å². The second-order valence-electron chi connectivity index (χ2n) is 10.1. The van der Waals surface area contributed by atoms with Gasteiger partial charge in [0.15, 0.2) is 0 Å². The molecule has 1 saturated heterocycles. The van der Waals surface area contributed by atoms with Gasteiger partial charge in [0.25, 0.3) is 0 Å². The minimum atomic E-state index is -0.605. The Bertz CT molecular complexity index is 1020. The maximum Gasteiger partial charge on any atom is 0.232 e. The van der Waals surface area contributed by atoms with Crippen LogP contribution in [0.1, 0.15) is 45.6 Å². The summed E-state index contributed by atoms with van der Waals surface area (Å²) in [7, 11) is 0. The number of aliphatic hydroxyl groups excluding tert-OH is 1. The average molecular weight is 478 g/mol. The molecule has 1 aliphatic rings. The normalized spacial score (nSPS) is 17.2. The van der Waals surface area contributed by atoms with Gasteiger partial charge in [0.05, 0.1) is 5.56 Å². The van der Waals surface area contributed by atoms with Gasteiger partial charge >= 0.3 is 0 Å². The minimum Gasteiger partial charge on any atom is -0.491 e. The molecule has 6 nitrogen and oxygen atoms in total. The Kier molecular flexibility index (Phi) is 8.83. The molecular formula is C29H39N3O3. The predicted octanol–water partition coefficient (Wildman–Crippen LogP) is 5.62. The summed E-state index contributed by atoms with van der Waals surface area (Å²) in [4.78, 5) is 4.68. The van der Waals surface area contributed by atoms with Crippen molar-refractivity contribution in [2.24, 2.45) is 5.92 Å². The Labute approximate surface area is 209 Å². The molecule has 2 unspecified atom stereocenters. The molecule has 0 spiro atoms. The number of ether oxygens (including phenoxy) is 1. The number of aromatic nitrogens is 1. The quantitative estimate of drug-likeness (QED) is 0.387. The van der Waals surface area contributed by atoms with E-state index < -0.39 is 6.10 Å². The Morgan fingerprint density at radius 2 is 1.77 bits per heavy atom. The van der Waals surface area contributed by atoms with E-state index in [2.05, 4.69) is 47.9 Å². The van der Waals surface area contributed by atoms with Gasteiger partial charge in [-0.2, -0.15) is 0 Å². The van der Waals surface area contributed by atoms with Crippen LogP contribution < -0.4 is 9.64 Å². The van der Waals surface area contributed by atoms with Gasteiger partial charge in [-0.05, 0) is 44.2 Å². The zero-order chi connectivity index (χ0) is 24.6. The van der Waals surface area contributed by atoms with Crippen LogP contribution in [0.25, 0.3) is 11.3 Å². The van der Waals surface area contributed by atoms with Gasteiger partial charge in [-0.15, -0.1) is 0 Å². The molecule has 35 heavy (non-hydrogen) atoms. The van der Waals surface area contributed by atoms with E-state index in [1.807, 2.05) is 48.5 Å². The smallest absolute Gasteiger partial charge is 0.232 e. The van der Waals surface area contributed by atoms with Gasteiger partial charge in [-0.1, -0.05) is 67.5 Å². The zero-order valence-electron chi connectivity index (χ0n) is 21.3. The van der Waals surface area contributed by atoms with Crippen LogP contribution in [0.2, 0.25) is 0 Å². The SMILES string of the molecule is CC(C)CN(Cc1c(-c2ccccc2)noc1N1CCCCC1C)CC(O)COc1ccccc1. The number of rotatable bonds is 11. The maximum atomic E-state index is 10.9. The van der Waals surface area contributed by atoms with Crippen molar-refractivity contribution in [3.05, 3.63) is 66.2 Å². The van der Waals surface area contributed by atoms with Crippen LogP contribution in [0, 0.1) is 5.92 Å². The van der Waals surface area contributed by atoms with Crippen molar-refractivity contribution in [1.29, 1.82) is 0 Å². The van der Waals surface area contributed by atoms with Crippen molar-refractivity contribution in [2.75, 3.05) is 31.1 Å². The fourth-order valence-electron chi connectivity index (χ4n) is 4.89. The molecule has 1 N–H and O–H groups in total. The Balaban J connectivity index is 1.56. The first kappa shape index (κ1) is 25.3. The molecule has 3 aromatic rings. The third kappa shape index (κ3) is 6.86. The highest BCUT2D eigenvalue weighted by Crippen LogP contribution is 2.35. The Morgan fingerprint density at radius 3 is 2.46 bits per heavy atom. The van der Waals surface area contributed by atoms with Gasteiger partial charge in [0.2, 0.25) is 5.88 Å². The molecule has 0 bridgehead atoms. The van der Waals surface area contributed by atoms with Gasteiger partial charge in [-0.3, -0.25) is 4.90 Å². The van der Waals surface area contributed by atoms with Crippen molar-refractivity contribution in [3.63, 3.8) is 0 Å². The molecule has 2 heterocycles. The Hall–Kier alpha value is -2.83. The molecule has 1 fully saturated rings. The molecule has 2 aromatic carbocycles. The van der Waals surface area contributed by atoms with Crippen LogP contribution in [-0.4, -0.2) is 53.6 Å². The molecule has 1 aromatic heterocycles. The summed E-state index contributed by atoms with van der Waals surface area (Å²) < 4.78 is 11.9. The fourth-order valence-corrected chi connectivity index (χ4v) is 4.89. The Morgan fingerprint density at radius 1 is 1.06 bits per heavy atom. The molecule has 0 saturated carbocycles. The van der Waals surface area contributed by atoms with Gasteiger partial charge in [-0.25, -0.2) is 0 Å². The first-order chi connectivity index (χ1) is 17.0. The topological polar surface area (TPSA) is 62.0 Å². The lowest BCUT2D eigenvalue weighted by Gasteiger charge is -2.34. The molecule has 188 valence electrons. The second-order valence-corrected chi connectivity index (χ2v) is 10.1. The van der Waals surface area contributed by atoms with Gasteiger partial charge < -0.3 is 19.3 Å². The predicted molar refractivity (Wildman–Crippen MR) is 141 cm³/mol. The highest BCUT2D eigenvalue weighted by molar-refractivity contribution is 5.68. The minimum absolute atomic E-state index is 0.254. The summed E-state index contributed by atoms with van der Waals surface area (Å²) in [6, 6.07) is 20.3. The number of aliphatic hydroxyl groups is 1. The van der Waals surface area contributed by atoms with E-state index in [1.165, 1.54) is 6.42 Å². The molecule has 2 atom stereocenters. The van der Waals surface area contributed by atoms with E-state index in [1.54, 1.807) is 0 Å². The maximum absolute atomic E-state index is 10.9. The molecule has 0 aliphatic carbocycles. The number of benzene rings is 2. The van der Waals surface area contributed by atoms with Crippen molar-refractivity contribution in [2.45, 2.75) is 58.7 Å². The number of nitrogens with zero attached hydrogens (tertiary/aromatic N) is 3. The van der Waals surface area contributed by atoms with E-state index in [0.29, 0.717) is 25.0 Å². The van der Waals surface area contributed by atoms with E-state index in [0.717, 1.165) is 54.4 Å². The van der Waals surface area contributed by atoms with Crippen LogP contribution in [0.4, 0.5) is 5.88 Å². The monoisotopic (exact) mass is 477 g/mol. The number of para-hydroxylation sites is 1. The number of hydrogen-bond donors (Lipinski definition) is 1. The fraction of sp³-hybridized carbons (Fsp3) is 0.483. The molecule has 1 aliphatic heterocycles. The van der Waals surface area contributed by atoms with Crippen molar-refractivity contribution < 1.29 is 14.4 Å². The second kappa shape index (κ2) is 12.2. The number of piperidine rings is 1. The van der Waals surface area contributed by atoms with Crippen LogP contribution in [0.15, 0.2) is 65.2 Å². The first-order valence-electron chi connectivity index (χ1n) is 12.9. The van der Waals surface area contributed by atoms with Gasteiger partial charge in [0, 0.05) is 37.8 Å². The summed E-state index contributed by atoms with van der Waals surface area (Å²) >= 11 is 0. The van der Waals surface area contributed by atoms with Crippen molar-refractivity contribution >= 4 is 5.88 Å². The summed E-state index contributed by atoms with van der Waals surface area (Å²) in [5.41, 5.74) is 3.04. The lowest BCUT2D eigenvalue weighted by atomic mass is 10.0. The summed E-state index contributed by atoms with van der Waals surface area (Å²) in [5.74, 6) is 2.10. The van der Waals surface area contributed by atoms with Crippen LogP contribution in [-0.2, 0) is 6.54 Å². The third-order valence-corrected chi connectivity index (χ3v) is 6.54. The molecule has 4 rings (SSSR count). The zero-order valence-corrected chi connectivity index (χ0v) is 21.3. The number of hydrogen-bond acceptors (Lipinski definition) is 6.